The van der Waals surface area contributed by atoms with Gasteiger partial charge in [-0.25, -0.2) is 0 Å². The van der Waals surface area contributed by atoms with Gasteiger partial charge in [-0.3, -0.25) is 4.79 Å². The molecule has 0 fully saturated rings. The molecule has 156 valence electrons. The zero-order chi connectivity index (χ0) is 20.7. The molecular weight excluding hydrogens is 364 g/mol. The normalized spacial score (nSPS) is 10.2. The fraction of sp³-hybridized carbons (Fsp3) is 0.375. The van der Waals surface area contributed by atoms with Crippen molar-refractivity contribution in [3.8, 4) is 11.5 Å². The molecule has 0 atom stereocenters. The SMILES string of the molecule is C=CCOc1ccccc1NCC(=O)Nc1ccc(OCCCCCCC)cc1. The van der Waals surface area contributed by atoms with Crippen molar-refractivity contribution < 1.29 is 14.3 Å². The molecule has 0 saturated carbocycles. The van der Waals surface area contributed by atoms with E-state index >= 15 is 0 Å². The maximum absolute atomic E-state index is 12.2. The molecule has 2 aromatic carbocycles. The monoisotopic (exact) mass is 396 g/mol. The molecule has 0 aliphatic rings. The molecule has 29 heavy (non-hydrogen) atoms. The Labute approximate surface area is 174 Å². The van der Waals surface area contributed by atoms with Gasteiger partial charge in [-0.05, 0) is 42.8 Å². The van der Waals surface area contributed by atoms with Crippen LogP contribution in [-0.4, -0.2) is 25.7 Å². The summed E-state index contributed by atoms with van der Waals surface area (Å²) in [4.78, 5) is 12.2. The lowest BCUT2D eigenvalue weighted by molar-refractivity contribution is -0.114. The van der Waals surface area contributed by atoms with Gasteiger partial charge in [-0.2, -0.15) is 0 Å². The largest absolute Gasteiger partial charge is 0.494 e. The van der Waals surface area contributed by atoms with Crippen molar-refractivity contribution >= 4 is 17.3 Å². The highest BCUT2D eigenvalue weighted by molar-refractivity contribution is 5.94. The summed E-state index contributed by atoms with van der Waals surface area (Å²) in [7, 11) is 0. The maximum Gasteiger partial charge on any atom is 0.243 e. The second kappa shape index (κ2) is 13.3. The standard InChI is InChI=1S/C24H32N2O3/c1-3-5-6-7-10-18-28-21-15-13-20(14-16-21)26-24(27)19-25-22-11-8-9-12-23(22)29-17-4-2/h4,8-9,11-16,25H,2-3,5-7,10,17-19H2,1H3,(H,26,27). The Balaban J connectivity index is 1.73. The minimum Gasteiger partial charge on any atom is -0.494 e. The quantitative estimate of drug-likeness (QED) is 0.320. The van der Waals surface area contributed by atoms with Crippen molar-refractivity contribution in [1.82, 2.24) is 0 Å². The van der Waals surface area contributed by atoms with E-state index in [1.54, 1.807) is 6.08 Å². The highest BCUT2D eigenvalue weighted by Crippen LogP contribution is 2.23. The number of amides is 1. The molecule has 0 bridgehead atoms. The van der Waals surface area contributed by atoms with Crippen LogP contribution in [0.4, 0.5) is 11.4 Å². The molecule has 2 N–H and O–H groups in total. The van der Waals surface area contributed by atoms with E-state index in [1.165, 1.54) is 25.7 Å². The summed E-state index contributed by atoms with van der Waals surface area (Å²) in [6.45, 7) is 7.15. The van der Waals surface area contributed by atoms with Crippen LogP contribution in [0.25, 0.3) is 0 Å². The van der Waals surface area contributed by atoms with Crippen LogP contribution in [-0.2, 0) is 4.79 Å². The zero-order valence-corrected chi connectivity index (χ0v) is 17.3. The van der Waals surface area contributed by atoms with E-state index in [0.29, 0.717) is 12.4 Å². The summed E-state index contributed by atoms with van der Waals surface area (Å²) in [6.07, 6.45) is 7.77. The molecule has 5 nitrogen and oxygen atoms in total. The summed E-state index contributed by atoms with van der Waals surface area (Å²) in [5, 5.41) is 5.98. The predicted octanol–water partition coefficient (Wildman–Crippen LogP) is 5.65. The summed E-state index contributed by atoms with van der Waals surface area (Å²) in [5.41, 5.74) is 1.51. The summed E-state index contributed by atoms with van der Waals surface area (Å²) in [6, 6.07) is 15.0. The van der Waals surface area contributed by atoms with Gasteiger partial charge in [0.1, 0.15) is 18.1 Å². The molecule has 1 amide bonds. The number of para-hydroxylation sites is 2. The molecule has 2 aromatic rings. The van der Waals surface area contributed by atoms with Crippen LogP contribution in [0.15, 0.2) is 61.2 Å². The Hall–Kier alpha value is -2.95. The second-order valence-electron chi connectivity index (χ2n) is 6.78. The highest BCUT2D eigenvalue weighted by atomic mass is 16.5. The van der Waals surface area contributed by atoms with E-state index < -0.39 is 0 Å². The lowest BCUT2D eigenvalue weighted by atomic mass is 10.2. The number of anilines is 2. The van der Waals surface area contributed by atoms with Crippen molar-refractivity contribution in [2.24, 2.45) is 0 Å². The molecule has 0 spiro atoms. The van der Waals surface area contributed by atoms with Gasteiger partial charge in [-0.1, -0.05) is 57.4 Å². The van der Waals surface area contributed by atoms with Crippen molar-refractivity contribution in [2.45, 2.75) is 39.0 Å². The zero-order valence-electron chi connectivity index (χ0n) is 17.3. The Morgan fingerprint density at radius 1 is 1.00 bits per heavy atom. The number of carbonyl (C=O) groups is 1. The van der Waals surface area contributed by atoms with Gasteiger partial charge in [-0.15, -0.1) is 0 Å². The van der Waals surface area contributed by atoms with Crippen molar-refractivity contribution in [3.63, 3.8) is 0 Å². The first-order chi connectivity index (χ1) is 14.2. The van der Waals surface area contributed by atoms with Crippen LogP contribution in [0.3, 0.4) is 0 Å². The minimum absolute atomic E-state index is 0.131. The lowest BCUT2D eigenvalue weighted by Gasteiger charge is -2.12. The number of benzene rings is 2. The Morgan fingerprint density at radius 2 is 1.76 bits per heavy atom. The summed E-state index contributed by atoms with van der Waals surface area (Å²) >= 11 is 0. The highest BCUT2D eigenvalue weighted by Gasteiger charge is 2.06. The third kappa shape index (κ3) is 8.73. The molecule has 0 aromatic heterocycles. The van der Waals surface area contributed by atoms with Gasteiger partial charge < -0.3 is 20.1 Å². The second-order valence-corrected chi connectivity index (χ2v) is 6.78. The predicted molar refractivity (Wildman–Crippen MR) is 120 cm³/mol. The van der Waals surface area contributed by atoms with Crippen LogP contribution in [0.1, 0.15) is 39.0 Å². The summed E-state index contributed by atoms with van der Waals surface area (Å²) in [5.74, 6) is 1.38. The number of unbranched alkanes of at least 4 members (excludes halogenated alkanes) is 4. The first-order valence-corrected chi connectivity index (χ1v) is 10.3. The van der Waals surface area contributed by atoms with E-state index in [9.17, 15) is 4.79 Å². The number of hydrogen-bond acceptors (Lipinski definition) is 4. The van der Waals surface area contributed by atoms with Gasteiger partial charge >= 0.3 is 0 Å². The van der Waals surface area contributed by atoms with E-state index in [-0.39, 0.29) is 12.5 Å². The van der Waals surface area contributed by atoms with E-state index in [1.807, 2.05) is 48.5 Å². The lowest BCUT2D eigenvalue weighted by Crippen LogP contribution is -2.22. The molecule has 0 aliphatic carbocycles. The number of carbonyl (C=O) groups excluding carboxylic acids is 1. The van der Waals surface area contributed by atoms with Crippen LogP contribution in [0, 0.1) is 0 Å². The van der Waals surface area contributed by atoms with Crippen LogP contribution >= 0.6 is 0 Å². The van der Waals surface area contributed by atoms with Gasteiger partial charge in [0.2, 0.25) is 5.91 Å². The molecule has 0 heterocycles. The molecule has 2 rings (SSSR count). The van der Waals surface area contributed by atoms with Gasteiger partial charge in [0.15, 0.2) is 0 Å². The molecule has 5 heteroatoms. The first kappa shape index (κ1) is 22.3. The number of nitrogens with one attached hydrogen (secondary N) is 2. The third-order valence-corrected chi connectivity index (χ3v) is 4.34. The first-order valence-electron chi connectivity index (χ1n) is 10.3. The summed E-state index contributed by atoms with van der Waals surface area (Å²) < 4.78 is 11.3. The topological polar surface area (TPSA) is 59.6 Å². The van der Waals surface area contributed by atoms with Crippen LogP contribution < -0.4 is 20.1 Å². The average Bonchev–Trinajstić information content (AvgIpc) is 2.75. The van der Waals surface area contributed by atoms with Gasteiger partial charge in [0.25, 0.3) is 0 Å². The van der Waals surface area contributed by atoms with Crippen LogP contribution in [0.5, 0.6) is 11.5 Å². The Bertz CT molecular complexity index is 744. The Kier molecular flexibility index (Phi) is 10.2. The van der Waals surface area contributed by atoms with E-state index in [0.717, 1.165) is 30.2 Å². The Morgan fingerprint density at radius 3 is 2.52 bits per heavy atom. The van der Waals surface area contributed by atoms with Crippen molar-refractivity contribution in [3.05, 3.63) is 61.2 Å². The number of ether oxygens (including phenoxy) is 2. The van der Waals surface area contributed by atoms with Gasteiger partial charge in [0.05, 0.1) is 18.8 Å². The minimum atomic E-state index is -0.131. The average molecular weight is 397 g/mol. The van der Waals surface area contributed by atoms with Crippen molar-refractivity contribution in [2.75, 3.05) is 30.4 Å². The molecular formula is C24H32N2O3. The number of rotatable bonds is 14. The van der Waals surface area contributed by atoms with Crippen molar-refractivity contribution in [1.29, 1.82) is 0 Å². The van der Waals surface area contributed by atoms with E-state index in [2.05, 4.69) is 24.1 Å². The molecule has 0 unspecified atom stereocenters. The fourth-order valence-electron chi connectivity index (χ4n) is 2.80. The van der Waals surface area contributed by atoms with Crippen LogP contribution in [0.2, 0.25) is 0 Å². The van der Waals surface area contributed by atoms with E-state index in [4.69, 9.17) is 9.47 Å². The number of hydrogen-bond donors (Lipinski definition) is 2. The smallest absolute Gasteiger partial charge is 0.243 e. The molecule has 0 saturated heterocycles. The fourth-order valence-corrected chi connectivity index (χ4v) is 2.80. The van der Waals surface area contributed by atoms with Gasteiger partial charge in [0, 0.05) is 5.69 Å². The molecule has 0 aliphatic heterocycles. The molecule has 0 radical (unpaired) electrons. The third-order valence-electron chi connectivity index (χ3n) is 4.34. The maximum atomic E-state index is 12.2.